The number of carbonyl (C=O) groups is 1. The van der Waals surface area contributed by atoms with E-state index in [1.54, 1.807) is 24.3 Å². The molecule has 9 heteroatoms. The maximum atomic E-state index is 15.2. The van der Waals surface area contributed by atoms with E-state index in [1.807, 2.05) is 12.1 Å². The molecule has 0 bridgehead atoms. The number of nitrogens with zero attached hydrogens (tertiary/aromatic N) is 4. The highest BCUT2D eigenvalue weighted by molar-refractivity contribution is 5.99. The van der Waals surface area contributed by atoms with Gasteiger partial charge in [-0.3, -0.25) is 4.79 Å². The van der Waals surface area contributed by atoms with Crippen LogP contribution in [0, 0.1) is 5.82 Å². The van der Waals surface area contributed by atoms with Gasteiger partial charge in [-0.05, 0) is 61.6 Å². The highest BCUT2D eigenvalue weighted by Crippen LogP contribution is 2.38. The number of nitrogens with two attached hydrogens (primary N) is 1. The molecule has 1 aliphatic carbocycles. The van der Waals surface area contributed by atoms with Crippen molar-refractivity contribution in [2.45, 2.75) is 38.2 Å². The minimum atomic E-state index is -0.448. The molecule has 8 nitrogen and oxygen atoms in total. The summed E-state index contributed by atoms with van der Waals surface area (Å²) in [6, 6.07) is 12.0. The van der Waals surface area contributed by atoms with Gasteiger partial charge < -0.3 is 15.8 Å². The predicted molar refractivity (Wildman–Crippen MR) is 132 cm³/mol. The monoisotopic (exact) mass is 472 g/mol. The third kappa shape index (κ3) is 4.57. The highest BCUT2D eigenvalue weighted by Gasteiger charge is 2.22. The van der Waals surface area contributed by atoms with E-state index in [-0.39, 0.29) is 23.6 Å². The van der Waals surface area contributed by atoms with Gasteiger partial charge >= 0.3 is 0 Å². The lowest BCUT2D eigenvalue weighted by molar-refractivity contribution is -0.111. The van der Waals surface area contributed by atoms with Crippen molar-refractivity contribution in [3.63, 3.8) is 0 Å². The van der Waals surface area contributed by atoms with Crippen LogP contribution in [0.2, 0.25) is 0 Å². The van der Waals surface area contributed by atoms with E-state index < -0.39 is 5.82 Å². The number of hydrogen-bond acceptors (Lipinski definition) is 6. The van der Waals surface area contributed by atoms with Crippen LogP contribution in [0.15, 0.2) is 61.4 Å². The second kappa shape index (κ2) is 9.54. The SMILES string of the molecule is C=CC(=O)Nc1ccc(-c2nn3ncnc(N)c3c2-c2ccc(OC3CCCCC3)c(F)c2)cc1. The van der Waals surface area contributed by atoms with E-state index in [9.17, 15) is 4.79 Å². The summed E-state index contributed by atoms with van der Waals surface area (Å²) in [6.45, 7) is 3.46. The number of nitrogens with one attached hydrogen (secondary N) is 1. The van der Waals surface area contributed by atoms with Gasteiger partial charge in [-0.25, -0.2) is 9.37 Å². The molecule has 4 aromatic rings. The van der Waals surface area contributed by atoms with Crippen LogP contribution in [0.25, 0.3) is 27.9 Å². The highest BCUT2D eigenvalue weighted by atomic mass is 19.1. The average molecular weight is 473 g/mol. The molecule has 2 heterocycles. The van der Waals surface area contributed by atoms with Crippen LogP contribution in [0.4, 0.5) is 15.9 Å². The van der Waals surface area contributed by atoms with Crippen LogP contribution >= 0.6 is 0 Å². The first-order valence-electron chi connectivity index (χ1n) is 11.5. The molecule has 1 fully saturated rings. The number of fused-ring (bicyclic) bond motifs is 1. The number of ether oxygens (including phenoxy) is 1. The molecule has 3 N–H and O–H groups in total. The minimum absolute atomic E-state index is 0.0424. The second-order valence-electron chi connectivity index (χ2n) is 8.50. The summed E-state index contributed by atoms with van der Waals surface area (Å²) in [5.41, 5.74) is 9.75. The molecule has 5 rings (SSSR count). The summed E-state index contributed by atoms with van der Waals surface area (Å²) in [5, 5.41) is 11.5. The van der Waals surface area contributed by atoms with Crippen LogP contribution in [-0.2, 0) is 4.79 Å². The van der Waals surface area contributed by atoms with Crippen molar-refractivity contribution in [1.82, 2.24) is 19.8 Å². The molecule has 1 aliphatic rings. The van der Waals surface area contributed by atoms with Crippen LogP contribution in [0.5, 0.6) is 5.75 Å². The maximum absolute atomic E-state index is 15.2. The van der Waals surface area contributed by atoms with Crippen LogP contribution in [0.1, 0.15) is 32.1 Å². The van der Waals surface area contributed by atoms with Gasteiger partial charge in [0.15, 0.2) is 17.4 Å². The number of rotatable bonds is 6. The van der Waals surface area contributed by atoms with Gasteiger partial charge in [0, 0.05) is 16.8 Å². The van der Waals surface area contributed by atoms with E-state index in [4.69, 9.17) is 10.5 Å². The Balaban J connectivity index is 1.55. The Hall–Kier alpha value is -4.27. The van der Waals surface area contributed by atoms with E-state index in [0.717, 1.165) is 31.2 Å². The Morgan fingerprint density at radius 3 is 2.60 bits per heavy atom. The number of nitrogen functional groups attached to an aromatic ring is 1. The Morgan fingerprint density at radius 2 is 1.89 bits per heavy atom. The quantitative estimate of drug-likeness (QED) is 0.382. The molecular weight excluding hydrogens is 447 g/mol. The molecule has 1 saturated carbocycles. The second-order valence-corrected chi connectivity index (χ2v) is 8.50. The molecule has 0 saturated heterocycles. The fourth-order valence-electron chi connectivity index (χ4n) is 4.41. The lowest BCUT2D eigenvalue weighted by Gasteiger charge is -2.23. The molecule has 178 valence electrons. The largest absolute Gasteiger partial charge is 0.487 e. The zero-order valence-electron chi connectivity index (χ0n) is 19.1. The predicted octanol–water partition coefficient (Wildman–Crippen LogP) is 5.02. The molecule has 2 aromatic carbocycles. The zero-order chi connectivity index (χ0) is 24.4. The minimum Gasteiger partial charge on any atom is -0.487 e. The topological polar surface area (TPSA) is 107 Å². The third-order valence-electron chi connectivity index (χ3n) is 6.15. The third-order valence-corrected chi connectivity index (χ3v) is 6.15. The fourth-order valence-corrected chi connectivity index (χ4v) is 4.41. The van der Waals surface area contributed by atoms with Gasteiger partial charge in [0.2, 0.25) is 5.91 Å². The van der Waals surface area contributed by atoms with Gasteiger partial charge in [0.05, 0.1) is 6.10 Å². The summed E-state index contributed by atoms with van der Waals surface area (Å²) in [7, 11) is 0. The first-order valence-corrected chi connectivity index (χ1v) is 11.5. The molecule has 1 amide bonds. The fraction of sp³-hybridized carbons (Fsp3) is 0.231. The Morgan fingerprint density at radius 1 is 1.14 bits per heavy atom. The first kappa shape index (κ1) is 22.5. The lowest BCUT2D eigenvalue weighted by Crippen LogP contribution is -2.20. The Bertz CT molecular complexity index is 1390. The van der Waals surface area contributed by atoms with Gasteiger partial charge in [-0.15, -0.1) is 14.8 Å². The number of anilines is 2. The van der Waals surface area contributed by atoms with Crippen LogP contribution < -0.4 is 15.8 Å². The van der Waals surface area contributed by atoms with Crippen molar-refractivity contribution >= 4 is 22.9 Å². The molecule has 0 atom stereocenters. The van der Waals surface area contributed by atoms with Crippen molar-refractivity contribution in [1.29, 1.82) is 0 Å². The molecular formula is C26H25FN6O2. The number of hydrogen-bond donors (Lipinski definition) is 2. The molecule has 35 heavy (non-hydrogen) atoms. The Labute approximate surface area is 201 Å². The van der Waals surface area contributed by atoms with Crippen LogP contribution in [-0.4, -0.2) is 31.8 Å². The van der Waals surface area contributed by atoms with E-state index >= 15 is 4.39 Å². The van der Waals surface area contributed by atoms with Crippen molar-refractivity contribution in [2.75, 3.05) is 11.1 Å². The zero-order valence-corrected chi connectivity index (χ0v) is 19.1. The molecule has 0 aliphatic heterocycles. The van der Waals surface area contributed by atoms with Crippen molar-refractivity contribution in [3.05, 3.63) is 67.3 Å². The van der Waals surface area contributed by atoms with Gasteiger partial charge in [0.25, 0.3) is 0 Å². The van der Waals surface area contributed by atoms with Crippen molar-refractivity contribution in [3.8, 4) is 28.1 Å². The van der Waals surface area contributed by atoms with Crippen molar-refractivity contribution in [2.24, 2.45) is 0 Å². The normalized spacial score (nSPS) is 14.1. The standard InChI is InChI=1S/C26H25FN6O2/c1-2-22(34)31-18-11-8-16(9-12-18)24-23(25-26(28)29-15-30-33(25)32-24)17-10-13-21(20(27)14-17)35-19-6-4-3-5-7-19/h2,8-15,19H,1,3-7H2,(H,31,34)(H2,28,29,30). The van der Waals surface area contributed by atoms with E-state index in [2.05, 4.69) is 27.1 Å². The van der Waals surface area contributed by atoms with Crippen LogP contribution in [0.3, 0.4) is 0 Å². The smallest absolute Gasteiger partial charge is 0.247 e. The first-order chi connectivity index (χ1) is 17.0. The van der Waals surface area contributed by atoms with Crippen molar-refractivity contribution < 1.29 is 13.9 Å². The summed E-state index contributed by atoms with van der Waals surface area (Å²) in [6.07, 6.45) is 7.85. The lowest BCUT2D eigenvalue weighted by atomic mass is 9.97. The van der Waals surface area contributed by atoms with E-state index in [1.165, 1.54) is 29.5 Å². The summed E-state index contributed by atoms with van der Waals surface area (Å²) >= 11 is 0. The maximum Gasteiger partial charge on any atom is 0.247 e. The van der Waals surface area contributed by atoms with Gasteiger partial charge in [-0.1, -0.05) is 31.2 Å². The Kier molecular flexibility index (Phi) is 6.13. The number of benzene rings is 2. The molecule has 0 radical (unpaired) electrons. The number of carbonyl (C=O) groups excluding carboxylic acids is 1. The number of halogens is 1. The number of amides is 1. The van der Waals surface area contributed by atoms with Gasteiger partial charge in [-0.2, -0.15) is 0 Å². The number of aromatic nitrogens is 4. The molecule has 0 unspecified atom stereocenters. The van der Waals surface area contributed by atoms with Gasteiger partial charge in [0.1, 0.15) is 17.5 Å². The average Bonchev–Trinajstić information content (AvgIpc) is 3.27. The molecule has 2 aromatic heterocycles. The summed E-state index contributed by atoms with van der Waals surface area (Å²) < 4.78 is 22.5. The summed E-state index contributed by atoms with van der Waals surface area (Å²) in [5.74, 6) is -0.284. The summed E-state index contributed by atoms with van der Waals surface area (Å²) in [4.78, 5) is 15.7. The molecule has 0 spiro atoms. The van der Waals surface area contributed by atoms with E-state index in [0.29, 0.717) is 28.0 Å².